The largest absolute Gasteiger partial charge is 0.371 e. The quantitative estimate of drug-likeness (QED) is 0.796. The monoisotopic (exact) mass is 272 g/mol. The highest BCUT2D eigenvalue weighted by Gasteiger charge is 2.10. The maximum Gasteiger partial charge on any atom is 0.117 e. The molecule has 1 N–H and O–H groups in total. The maximum absolute atomic E-state index is 4.44. The molecule has 0 unspecified atom stereocenters. The summed E-state index contributed by atoms with van der Waals surface area (Å²) in [6.07, 6.45) is 0. The molecule has 0 radical (unpaired) electrons. The predicted octanol–water partition coefficient (Wildman–Crippen LogP) is 3.26. The van der Waals surface area contributed by atoms with Gasteiger partial charge < -0.3 is 5.32 Å². The average Bonchev–Trinajstić information content (AvgIpc) is 2.91. The molecular formula is C14H16N4S. The van der Waals surface area contributed by atoms with Crippen LogP contribution in [0.5, 0.6) is 0 Å². The number of nitrogens with one attached hydrogen (secondary N) is 1. The van der Waals surface area contributed by atoms with Gasteiger partial charge in [-0.15, -0.1) is 0 Å². The van der Waals surface area contributed by atoms with E-state index in [0.717, 1.165) is 22.8 Å². The molecule has 19 heavy (non-hydrogen) atoms. The maximum atomic E-state index is 4.44. The van der Waals surface area contributed by atoms with Crippen molar-refractivity contribution in [1.82, 2.24) is 14.2 Å². The molecule has 0 saturated heterocycles. The molecular weight excluding hydrogens is 256 g/mol. The molecule has 3 aromatic rings. The first kappa shape index (κ1) is 12.2. The summed E-state index contributed by atoms with van der Waals surface area (Å²) in [4.78, 5) is 0. The van der Waals surface area contributed by atoms with Gasteiger partial charge in [0.15, 0.2) is 0 Å². The summed E-state index contributed by atoms with van der Waals surface area (Å²) in [5, 5.41) is 10.2. The van der Waals surface area contributed by atoms with Crippen LogP contribution in [-0.4, -0.2) is 14.2 Å². The van der Waals surface area contributed by atoms with E-state index in [0.29, 0.717) is 0 Å². The van der Waals surface area contributed by atoms with Gasteiger partial charge in [-0.1, -0.05) is 12.1 Å². The normalized spacial score (nSPS) is 11.1. The zero-order valence-corrected chi connectivity index (χ0v) is 12.1. The molecule has 0 aliphatic rings. The minimum absolute atomic E-state index is 0.789. The van der Waals surface area contributed by atoms with E-state index in [-0.39, 0.29) is 0 Å². The van der Waals surface area contributed by atoms with Crippen molar-refractivity contribution in [2.45, 2.75) is 20.4 Å². The molecule has 0 atom stereocenters. The van der Waals surface area contributed by atoms with Gasteiger partial charge in [-0.3, -0.25) is 4.68 Å². The number of anilines is 1. The minimum atomic E-state index is 0.789. The second-order valence-electron chi connectivity index (χ2n) is 4.66. The lowest BCUT2D eigenvalue weighted by Gasteiger charge is -2.04. The van der Waals surface area contributed by atoms with Crippen molar-refractivity contribution in [1.29, 1.82) is 0 Å². The lowest BCUT2D eigenvalue weighted by Crippen LogP contribution is -2.01. The van der Waals surface area contributed by atoms with Crippen LogP contribution >= 0.6 is 11.5 Å². The summed E-state index contributed by atoms with van der Waals surface area (Å²) in [6.45, 7) is 4.94. The SMILES string of the molecule is Cc1nn(C)c(C)c1CNc1snc2ccccc12. The minimum Gasteiger partial charge on any atom is -0.371 e. The third kappa shape index (κ3) is 2.10. The molecule has 3 rings (SSSR count). The Balaban J connectivity index is 1.86. The highest BCUT2D eigenvalue weighted by atomic mass is 32.1. The number of benzene rings is 1. The van der Waals surface area contributed by atoms with Gasteiger partial charge in [0.25, 0.3) is 0 Å². The molecule has 0 spiro atoms. The van der Waals surface area contributed by atoms with E-state index < -0.39 is 0 Å². The Bertz CT molecular complexity index is 726. The Labute approximate surface area is 116 Å². The summed E-state index contributed by atoms with van der Waals surface area (Å²) in [5.74, 6) is 0. The van der Waals surface area contributed by atoms with E-state index >= 15 is 0 Å². The van der Waals surface area contributed by atoms with Gasteiger partial charge >= 0.3 is 0 Å². The zero-order chi connectivity index (χ0) is 13.4. The summed E-state index contributed by atoms with van der Waals surface area (Å²) in [7, 11) is 1.98. The van der Waals surface area contributed by atoms with E-state index in [2.05, 4.69) is 34.7 Å². The van der Waals surface area contributed by atoms with Crippen LogP contribution in [0.25, 0.3) is 10.9 Å². The molecule has 0 aliphatic carbocycles. The van der Waals surface area contributed by atoms with Crippen LogP contribution < -0.4 is 5.32 Å². The number of rotatable bonds is 3. The van der Waals surface area contributed by atoms with Crippen molar-refractivity contribution in [3.8, 4) is 0 Å². The molecule has 4 nitrogen and oxygen atoms in total. The van der Waals surface area contributed by atoms with E-state index in [9.17, 15) is 0 Å². The van der Waals surface area contributed by atoms with Crippen LogP contribution in [0.15, 0.2) is 24.3 Å². The first-order valence-electron chi connectivity index (χ1n) is 6.24. The number of aryl methyl sites for hydroxylation is 2. The Kier molecular flexibility index (Phi) is 2.98. The van der Waals surface area contributed by atoms with Gasteiger partial charge in [0.05, 0.1) is 11.2 Å². The summed E-state index contributed by atoms with van der Waals surface area (Å²) >= 11 is 1.51. The molecule has 2 aromatic heterocycles. The molecule has 0 amide bonds. The van der Waals surface area contributed by atoms with Gasteiger partial charge in [-0.05, 0) is 37.5 Å². The number of fused-ring (bicyclic) bond motifs is 1. The number of hydrogen-bond acceptors (Lipinski definition) is 4. The highest BCUT2D eigenvalue weighted by Crippen LogP contribution is 2.28. The Hall–Kier alpha value is -1.88. The van der Waals surface area contributed by atoms with Crippen LogP contribution in [0.3, 0.4) is 0 Å². The number of hydrogen-bond donors (Lipinski definition) is 1. The lowest BCUT2D eigenvalue weighted by molar-refractivity contribution is 0.730. The molecule has 0 fully saturated rings. The second kappa shape index (κ2) is 4.66. The molecule has 1 aromatic carbocycles. The molecule has 0 saturated carbocycles. The average molecular weight is 272 g/mol. The van der Waals surface area contributed by atoms with Crippen molar-refractivity contribution in [2.24, 2.45) is 7.05 Å². The smallest absolute Gasteiger partial charge is 0.117 e. The van der Waals surface area contributed by atoms with Crippen LogP contribution in [0.2, 0.25) is 0 Å². The van der Waals surface area contributed by atoms with Crippen molar-refractivity contribution in [2.75, 3.05) is 5.32 Å². The molecule has 0 bridgehead atoms. The van der Waals surface area contributed by atoms with Gasteiger partial charge in [0.2, 0.25) is 0 Å². The van der Waals surface area contributed by atoms with Gasteiger partial charge in [-0.25, -0.2) is 0 Å². The van der Waals surface area contributed by atoms with Crippen molar-refractivity contribution in [3.05, 3.63) is 41.2 Å². The highest BCUT2D eigenvalue weighted by molar-refractivity contribution is 7.11. The summed E-state index contributed by atoms with van der Waals surface area (Å²) in [6, 6.07) is 8.20. The molecule has 0 aliphatic heterocycles. The first-order chi connectivity index (χ1) is 9.16. The van der Waals surface area contributed by atoms with Crippen LogP contribution in [0.4, 0.5) is 5.00 Å². The third-order valence-electron chi connectivity index (χ3n) is 3.47. The Morgan fingerprint density at radius 2 is 2.05 bits per heavy atom. The second-order valence-corrected chi connectivity index (χ2v) is 5.43. The fourth-order valence-electron chi connectivity index (χ4n) is 2.26. The zero-order valence-electron chi connectivity index (χ0n) is 11.3. The van der Waals surface area contributed by atoms with E-state index in [1.807, 2.05) is 29.9 Å². The third-order valence-corrected chi connectivity index (χ3v) is 4.30. The standard InChI is InChI=1S/C14H16N4S/c1-9-12(10(2)18(3)16-9)8-15-14-11-6-4-5-7-13(11)17-19-14/h4-7,15H,8H2,1-3H3. The molecule has 2 heterocycles. The fourth-order valence-corrected chi connectivity index (χ4v) is 3.02. The van der Waals surface area contributed by atoms with Gasteiger partial charge in [0.1, 0.15) is 5.00 Å². The van der Waals surface area contributed by atoms with E-state index in [4.69, 9.17) is 0 Å². The van der Waals surface area contributed by atoms with Crippen molar-refractivity contribution >= 4 is 27.4 Å². The number of nitrogens with zero attached hydrogens (tertiary/aromatic N) is 3. The molecule has 98 valence electrons. The van der Waals surface area contributed by atoms with Crippen LogP contribution in [-0.2, 0) is 13.6 Å². The molecule has 5 heteroatoms. The van der Waals surface area contributed by atoms with Crippen molar-refractivity contribution in [3.63, 3.8) is 0 Å². The predicted molar refractivity (Wildman–Crippen MR) is 79.6 cm³/mol. The van der Waals surface area contributed by atoms with E-state index in [1.54, 1.807) is 0 Å². The van der Waals surface area contributed by atoms with Crippen LogP contribution in [0, 0.1) is 13.8 Å². The summed E-state index contributed by atoms with van der Waals surface area (Å²) < 4.78 is 6.37. The van der Waals surface area contributed by atoms with Gasteiger partial charge in [-0.2, -0.15) is 9.47 Å². The lowest BCUT2D eigenvalue weighted by atomic mass is 10.2. The van der Waals surface area contributed by atoms with Crippen LogP contribution in [0.1, 0.15) is 17.0 Å². The number of aromatic nitrogens is 3. The Morgan fingerprint density at radius 3 is 2.79 bits per heavy atom. The first-order valence-corrected chi connectivity index (χ1v) is 7.01. The van der Waals surface area contributed by atoms with E-state index in [1.165, 1.54) is 28.2 Å². The van der Waals surface area contributed by atoms with Gasteiger partial charge in [0, 0.05) is 30.2 Å². The Morgan fingerprint density at radius 1 is 1.26 bits per heavy atom. The summed E-state index contributed by atoms with van der Waals surface area (Å²) in [5.41, 5.74) is 4.61. The van der Waals surface area contributed by atoms with Crippen molar-refractivity contribution < 1.29 is 0 Å². The fraction of sp³-hybridized carbons (Fsp3) is 0.286. The topological polar surface area (TPSA) is 42.7 Å².